The third-order valence-corrected chi connectivity index (χ3v) is 3.93. The summed E-state index contributed by atoms with van der Waals surface area (Å²) in [6, 6.07) is 0.795. The van der Waals surface area contributed by atoms with E-state index in [1.165, 1.54) is 25.7 Å². The molecule has 0 spiro atoms. The zero-order valence-electron chi connectivity index (χ0n) is 8.84. The maximum Gasteiger partial charge on any atom is 0.0140 e. The minimum absolute atomic E-state index is 0.795. The van der Waals surface area contributed by atoms with Gasteiger partial charge in [0.15, 0.2) is 0 Å². The first kappa shape index (κ1) is 9.26. The molecule has 0 amide bonds. The molecule has 1 aliphatic carbocycles. The van der Waals surface area contributed by atoms with Crippen LogP contribution in [0.15, 0.2) is 11.6 Å². The van der Waals surface area contributed by atoms with Gasteiger partial charge in [-0.15, -0.1) is 0 Å². The molecule has 74 valence electrons. The normalized spacial score (nSPS) is 39.5. The number of hydrogen-bond acceptors (Lipinski definition) is 1. The summed E-state index contributed by atoms with van der Waals surface area (Å²) in [6.45, 7) is 5.74. The summed E-state index contributed by atoms with van der Waals surface area (Å²) in [7, 11) is 0. The fraction of sp³-hybridized carbons (Fsp3) is 0.833. The molecule has 0 aromatic carbocycles. The van der Waals surface area contributed by atoms with Crippen molar-refractivity contribution in [3.8, 4) is 0 Å². The number of hydrogen-bond donors (Lipinski definition) is 1. The Kier molecular flexibility index (Phi) is 2.73. The van der Waals surface area contributed by atoms with Crippen molar-refractivity contribution in [1.82, 2.24) is 5.32 Å². The van der Waals surface area contributed by atoms with Crippen LogP contribution in [0.4, 0.5) is 0 Å². The van der Waals surface area contributed by atoms with Crippen molar-refractivity contribution >= 4 is 0 Å². The maximum atomic E-state index is 3.64. The number of nitrogens with one attached hydrogen (secondary N) is 1. The SMILES string of the molecule is CCC1CC[C@H]2C(C)=CCN[C@H]2C1. The lowest BCUT2D eigenvalue weighted by molar-refractivity contribution is 0.220. The fourth-order valence-corrected chi connectivity index (χ4v) is 2.92. The molecule has 1 unspecified atom stereocenters. The molecule has 0 radical (unpaired) electrons. The molecule has 0 saturated heterocycles. The van der Waals surface area contributed by atoms with Gasteiger partial charge in [-0.2, -0.15) is 0 Å². The summed E-state index contributed by atoms with van der Waals surface area (Å²) in [5.41, 5.74) is 1.64. The minimum Gasteiger partial charge on any atom is -0.310 e. The lowest BCUT2D eigenvalue weighted by atomic mass is 9.73. The Bertz CT molecular complexity index is 207. The van der Waals surface area contributed by atoms with Crippen LogP contribution in [0.5, 0.6) is 0 Å². The van der Waals surface area contributed by atoms with Crippen molar-refractivity contribution < 1.29 is 0 Å². The van der Waals surface area contributed by atoms with Crippen LogP contribution in [0, 0.1) is 11.8 Å². The first-order valence-corrected chi connectivity index (χ1v) is 5.71. The zero-order valence-corrected chi connectivity index (χ0v) is 8.84. The molecule has 1 heterocycles. The summed E-state index contributed by atoms with van der Waals surface area (Å²) >= 11 is 0. The topological polar surface area (TPSA) is 12.0 Å². The Morgan fingerprint density at radius 1 is 1.46 bits per heavy atom. The maximum absolute atomic E-state index is 3.64. The second kappa shape index (κ2) is 3.83. The van der Waals surface area contributed by atoms with E-state index in [2.05, 4.69) is 25.2 Å². The van der Waals surface area contributed by atoms with Gasteiger partial charge in [-0.3, -0.25) is 0 Å². The highest BCUT2D eigenvalue weighted by Gasteiger charge is 2.31. The van der Waals surface area contributed by atoms with E-state index in [1.54, 1.807) is 5.57 Å². The molecular weight excluding hydrogens is 158 g/mol. The van der Waals surface area contributed by atoms with Crippen LogP contribution in [-0.4, -0.2) is 12.6 Å². The molecule has 13 heavy (non-hydrogen) atoms. The van der Waals surface area contributed by atoms with E-state index in [0.29, 0.717) is 0 Å². The van der Waals surface area contributed by atoms with E-state index in [9.17, 15) is 0 Å². The summed E-state index contributed by atoms with van der Waals surface area (Å²) in [5.74, 6) is 1.84. The summed E-state index contributed by atoms with van der Waals surface area (Å²) in [6.07, 6.45) is 8.01. The van der Waals surface area contributed by atoms with Gasteiger partial charge in [0.2, 0.25) is 0 Å². The van der Waals surface area contributed by atoms with Crippen LogP contribution in [-0.2, 0) is 0 Å². The van der Waals surface area contributed by atoms with Crippen molar-refractivity contribution in [1.29, 1.82) is 0 Å². The van der Waals surface area contributed by atoms with Crippen molar-refractivity contribution in [2.75, 3.05) is 6.54 Å². The first-order valence-electron chi connectivity index (χ1n) is 5.71. The van der Waals surface area contributed by atoms with Gasteiger partial charge in [0.1, 0.15) is 0 Å². The van der Waals surface area contributed by atoms with Gasteiger partial charge in [0.05, 0.1) is 0 Å². The van der Waals surface area contributed by atoms with Crippen molar-refractivity contribution in [3.63, 3.8) is 0 Å². The fourth-order valence-electron chi connectivity index (χ4n) is 2.92. The lowest BCUT2D eigenvalue weighted by Crippen LogP contribution is -2.44. The Morgan fingerprint density at radius 2 is 2.31 bits per heavy atom. The van der Waals surface area contributed by atoms with E-state index in [-0.39, 0.29) is 0 Å². The first-order chi connectivity index (χ1) is 6.31. The van der Waals surface area contributed by atoms with Gasteiger partial charge in [0.25, 0.3) is 0 Å². The molecule has 0 aromatic rings. The van der Waals surface area contributed by atoms with Gasteiger partial charge in [0, 0.05) is 12.6 Å². The molecule has 1 N–H and O–H groups in total. The van der Waals surface area contributed by atoms with Gasteiger partial charge >= 0.3 is 0 Å². The minimum atomic E-state index is 0.795. The second-order valence-electron chi connectivity index (χ2n) is 4.66. The highest BCUT2D eigenvalue weighted by atomic mass is 14.9. The molecule has 1 fully saturated rings. The van der Waals surface area contributed by atoms with E-state index in [0.717, 1.165) is 24.4 Å². The molecule has 1 aliphatic heterocycles. The van der Waals surface area contributed by atoms with Crippen LogP contribution in [0.2, 0.25) is 0 Å². The average molecular weight is 179 g/mol. The van der Waals surface area contributed by atoms with Crippen LogP contribution in [0.1, 0.15) is 39.5 Å². The van der Waals surface area contributed by atoms with Crippen LogP contribution in [0.3, 0.4) is 0 Å². The van der Waals surface area contributed by atoms with E-state index in [1.807, 2.05) is 0 Å². The monoisotopic (exact) mass is 179 g/mol. The van der Waals surface area contributed by atoms with Crippen LogP contribution >= 0.6 is 0 Å². The molecular formula is C12H21N. The Labute approximate surface area is 81.6 Å². The quantitative estimate of drug-likeness (QED) is 0.610. The average Bonchev–Trinajstić information content (AvgIpc) is 2.18. The molecule has 3 atom stereocenters. The third kappa shape index (κ3) is 1.80. The predicted octanol–water partition coefficient (Wildman–Crippen LogP) is 2.73. The van der Waals surface area contributed by atoms with E-state index < -0.39 is 0 Å². The molecule has 0 aromatic heterocycles. The Morgan fingerprint density at radius 3 is 3.08 bits per heavy atom. The second-order valence-corrected chi connectivity index (χ2v) is 4.66. The molecule has 0 bridgehead atoms. The summed E-state index contributed by atoms with van der Waals surface area (Å²) in [5, 5.41) is 3.64. The van der Waals surface area contributed by atoms with Gasteiger partial charge in [-0.25, -0.2) is 0 Å². The third-order valence-electron chi connectivity index (χ3n) is 3.93. The molecule has 1 nitrogen and oxygen atoms in total. The molecule has 1 heteroatoms. The summed E-state index contributed by atoms with van der Waals surface area (Å²) in [4.78, 5) is 0. The van der Waals surface area contributed by atoms with Crippen molar-refractivity contribution in [2.45, 2.75) is 45.6 Å². The smallest absolute Gasteiger partial charge is 0.0140 e. The van der Waals surface area contributed by atoms with E-state index in [4.69, 9.17) is 0 Å². The van der Waals surface area contributed by atoms with Crippen LogP contribution in [0.25, 0.3) is 0 Å². The lowest BCUT2D eigenvalue weighted by Gasteiger charge is -2.39. The van der Waals surface area contributed by atoms with Crippen molar-refractivity contribution in [3.05, 3.63) is 11.6 Å². The van der Waals surface area contributed by atoms with Crippen molar-refractivity contribution in [2.24, 2.45) is 11.8 Å². The van der Waals surface area contributed by atoms with E-state index >= 15 is 0 Å². The largest absolute Gasteiger partial charge is 0.310 e. The highest BCUT2D eigenvalue weighted by molar-refractivity contribution is 5.13. The molecule has 1 saturated carbocycles. The predicted molar refractivity (Wildman–Crippen MR) is 56.7 cm³/mol. The molecule has 2 rings (SSSR count). The van der Waals surface area contributed by atoms with Gasteiger partial charge < -0.3 is 5.32 Å². The highest BCUT2D eigenvalue weighted by Crippen LogP contribution is 2.36. The van der Waals surface area contributed by atoms with Gasteiger partial charge in [-0.05, 0) is 38.0 Å². The Hall–Kier alpha value is -0.300. The Balaban J connectivity index is 2.02. The van der Waals surface area contributed by atoms with Gasteiger partial charge in [-0.1, -0.05) is 25.0 Å². The number of fused-ring (bicyclic) bond motifs is 1. The summed E-state index contributed by atoms with van der Waals surface area (Å²) < 4.78 is 0. The zero-order chi connectivity index (χ0) is 9.26. The standard InChI is InChI=1S/C12H21N/c1-3-10-4-5-11-9(2)6-7-13-12(11)8-10/h6,10-13H,3-5,7-8H2,1-2H3/t10?,11-,12-/m0/s1. The molecule has 2 aliphatic rings. The number of rotatable bonds is 1. The van der Waals surface area contributed by atoms with Crippen LogP contribution < -0.4 is 5.32 Å².